The molecule has 3 rings (SSSR count). The van der Waals surface area contributed by atoms with E-state index in [1.807, 2.05) is 37.4 Å². The van der Waals surface area contributed by atoms with Gasteiger partial charge in [0.25, 0.3) is 0 Å². The summed E-state index contributed by atoms with van der Waals surface area (Å²) in [7, 11) is 1.90. The lowest BCUT2D eigenvalue weighted by Gasteiger charge is -2.17. The van der Waals surface area contributed by atoms with Crippen LogP contribution >= 0.6 is 11.8 Å². The maximum atomic E-state index is 12.5. The molecule has 0 saturated heterocycles. The smallest absolute Gasteiger partial charge is 0.221 e. The molecule has 1 aliphatic heterocycles. The van der Waals surface area contributed by atoms with Gasteiger partial charge in [-0.3, -0.25) is 9.59 Å². The zero-order chi connectivity index (χ0) is 24.4. The minimum atomic E-state index is -0.525. The van der Waals surface area contributed by atoms with Crippen LogP contribution in [0.5, 0.6) is 5.75 Å². The highest BCUT2D eigenvalue weighted by Crippen LogP contribution is 2.26. The van der Waals surface area contributed by atoms with Gasteiger partial charge in [0.1, 0.15) is 5.75 Å². The van der Waals surface area contributed by atoms with E-state index in [1.54, 1.807) is 18.4 Å². The van der Waals surface area contributed by atoms with E-state index in [0.29, 0.717) is 29.4 Å². The minimum absolute atomic E-state index is 0.0576. The Kier molecular flexibility index (Phi) is 10.0. The summed E-state index contributed by atoms with van der Waals surface area (Å²) in [5, 5.41) is 3.07. The zero-order valence-corrected chi connectivity index (χ0v) is 20.1. The summed E-state index contributed by atoms with van der Waals surface area (Å²) in [5.41, 5.74) is 15.6. The molecule has 2 aromatic carbocycles. The summed E-state index contributed by atoms with van der Waals surface area (Å²) in [6.45, 7) is 6.78. The largest absolute Gasteiger partial charge is 0.467 e. The number of anilines is 1. The number of carbonyl (C=O) groups is 2. The molecular weight excluding hydrogens is 438 g/mol. The van der Waals surface area contributed by atoms with E-state index in [1.165, 1.54) is 11.8 Å². The third-order valence-corrected chi connectivity index (χ3v) is 5.77. The van der Waals surface area contributed by atoms with Gasteiger partial charge in [0.15, 0.2) is 6.79 Å². The quantitative estimate of drug-likeness (QED) is 0.304. The molecule has 176 valence electrons. The highest BCUT2D eigenvalue weighted by Gasteiger charge is 2.17. The summed E-state index contributed by atoms with van der Waals surface area (Å²) >= 11 is 1.24. The molecule has 8 heteroatoms. The molecule has 0 atom stereocenters. The molecule has 0 aliphatic carbocycles. The molecular formula is C25H31N3O4S. The normalized spacial score (nSPS) is 12.8. The molecule has 5 N–H and O–H groups in total. The van der Waals surface area contributed by atoms with Crippen molar-refractivity contribution < 1.29 is 19.1 Å². The first-order valence-corrected chi connectivity index (χ1v) is 11.7. The van der Waals surface area contributed by atoms with Crippen molar-refractivity contribution in [2.75, 3.05) is 25.4 Å². The number of fused-ring (bicyclic) bond motifs is 1. The molecule has 1 amide bonds. The van der Waals surface area contributed by atoms with Crippen molar-refractivity contribution in [1.82, 2.24) is 0 Å². The van der Waals surface area contributed by atoms with E-state index < -0.39 is 5.91 Å². The van der Waals surface area contributed by atoms with Crippen LogP contribution in [0.3, 0.4) is 0 Å². The standard InChI is InChI=1S/C16H20N2O2S.C9H11NO2/c1-4-11-5-7-12(8-6-11)15(20)16(21-3)14(18)10(2)9-13(17)19;1-10-8-2-3-9-7(4-8)5-11-6-12-9/h5-8H,2,4,9,18H2,1,3H3,(H2,17,19);2-4,10H,5-6H2,1H3/b16-14+;. The lowest BCUT2D eigenvalue weighted by Crippen LogP contribution is -2.16. The molecule has 7 nitrogen and oxygen atoms in total. The number of primary amides is 1. The van der Waals surface area contributed by atoms with E-state index >= 15 is 0 Å². The van der Waals surface area contributed by atoms with Crippen LogP contribution in [-0.2, 0) is 22.6 Å². The van der Waals surface area contributed by atoms with Gasteiger partial charge >= 0.3 is 0 Å². The first-order chi connectivity index (χ1) is 15.8. The number of benzene rings is 2. The van der Waals surface area contributed by atoms with Crippen molar-refractivity contribution in [2.24, 2.45) is 11.5 Å². The van der Waals surface area contributed by atoms with Crippen molar-refractivity contribution in [3.05, 3.63) is 81.9 Å². The number of nitrogens with two attached hydrogens (primary N) is 2. The van der Waals surface area contributed by atoms with Gasteiger partial charge in [0, 0.05) is 23.9 Å². The second kappa shape index (κ2) is 12.7. The minimum Gasteiger partial charge on any atom is -0.467 e. The van der Waals surface area contributed by atoms with Crippen LogP contribution in [0.4, 0.5) is 5.69 Å². The maximum Gasteiger partial charge on any atom is 0.221 e. The molecule has 0 bridgehead atoms. The number of nitrogens with one attached hydrogen (secondary N) is 1. The Morgan fingerprint density at radius 2 is 1.85 bits per heavy atom. The van der Waals surface area contributed by atoms with Crippen LogP contribution in [0.2, 0.25) is 0 Å². The number of carbonyl (C=O) groups excluding carboxylic acids is 2. The number of Topliss-reactive ketones (excluding diaryl/α,β-unsaturated/α-hetero) is 1. The van der Waals surface area contributed by atoms with Crippen LogP contribution in [0.1, 0.15) is 34.8 Å². The molecule has 0 aromatic heterocycles. The Morgan fingerprint density at radius 1 is 1.15 bits per heavy atom. The molecule has 1 heterocycles. The van der Waals surface area contributed by atoms with Gasteiger partial charge in [-0.05, 0) is 42.0 Å². The summed E-state index contributed by atoms with van der Waals surface area (Å²) < 4.78 is 10.4. The van der Waals surface area contributed by atoms with E-state index in [4.69, 9.17) is 20.9 Å². The van der Waals surface area contributed by atoms with Gasteiger partial charge in [-0.1, -0.05) is 37.8 Å². The first-order valence-electron chi connectivity index (χ1n) is 10.5. The van der Waals surface area contributed by atoms with Crippen molar-refractivity contribution >= 4 is 29.1 Å². The van der Waals surface area contributed by atoms with Gasteiger partial charge in [0.05, 0.1) is 23.6 Å². The lowest BCUT2D eigenvalue weighted by molar-refractivity contribution is -0.117. The highest BCUT2D eigenvalue weighted by molar-refractivity contribution is 8.03. The maximum absolute atomic E-state index is 12.5. The zero-order valence-electron chi connectivity index (χ0n) is 19.3. The van der Waals surface area contributed by atoms with Gasteiger partial charge in [-0.15, -0.1) is 11.8 Å². The van der Waals surface area contributed by atoms with E-state index in [2.05, 4.69) is 18.8 Å². The Bertz CT molecular complexity index is 1030. The van der Waals surface area contributed by atoms with Crippen LogP contribution in [0.25, 0.3) is 0 Å². The molecule has 0 spiro atoms. The van der Waals surface area contributed by atoms with Crippen molar-refractivity contribution in [1.29, 1.82) is 0 Å². The number of ketones is 1. The fourth-order valence-corrected chi connectivity index (χ4v) is 3.73. The summed E-state index contributed by atoms with van der Waals surface area (Å²) in [5.74, 6) is 0.233. The molecule has 33 heavy (non-hydrogen) atoms. The average molecular weight is 470 g/mol. The number of aryl methyl sites for hydroxylation is 1. The van der Waals surface area contributed by atoms with E-state index in [9.17, 15) is 9.59 Å². The Balaban J connectivity index is 0.000000268. The van der Waals surface area contributed by atoms with Crippen molar-refractivity contribution in [3.8, 4) is 5.75 Å². The van der Waals surface area contributed by atoms with Crippen LogP contribution in [-0.4, -0.2) is 31.8 Å². The molecule has 0 unspecified atom stereocenters. The summed E-state index contributed by atoms with van der Waals surface area (Å²) in [6.07, 6.45) is 2.62. The fourth-order valence-electron chi connectivity index (χ4n) is 3.06. The molecule has 0 radical (unpaired) electrons. The average Bonchev–Trinajstić information content (AvgIpc) is 2.84. The molecule has 0 saturated carbocycles. The van der Waals surface area contributed by atoms with Gasteiger partial charge in [-0.2, -0.15) is 0 Å². The number of rotatable bonds is 8. The van der Waals surface area contributed by atoms with Crippen LogP contribution < -0.4 is 21.5 Å². The predicted molar refractivity (Wildman–Crippen MR) is 134 cm³/mol. The monoisotopic (exact) mass is 469 g/mol. The van der Waals surface area contributed by atoms with Crippen molar-refractivity contribution in [2.45, 2.75) is 26.4 Å². The second-order valence-corrected chi connectivity index (χ2v) is 8.07. The van der Waals surface area contributed by atoms with Crippen LogP contribution in [0, 0.1) is 0 Å². The number of thioether (sulfide) groups is 1. The summed E-state index contributed by atoms with van der Waals surface area (Å²) in [4.78, 5) is 23.8. The third-order valence-electron chi connectivity index (χ3n) is 4.95. The Labute approximate surface area is 199 Å². The number of allylic oxidation sites excluding steroid dienone is 2. The number of amides is 1. The summed E-state index contributed by atoms with van der Waals surface area (Å²) in [6, 6.07) is 13.4. The molecule has 1 aliphatic rings. The Hall–Kier alpha value is -3.23. The Morgan fingerprint density at radius 3 is 2.42 bits per heavy atom. The third kappa shape index (κ3) is 7.40. The SMILES string of the molecule is C=C(CC(N)=O)/C(N)=C(\SC)C(=O)c1ccc(CC)cc1.CNc1ccc2c(c1)COCO2. The van der Waals surface area contributed by atoms with E-state index in [-0.39, 0.29) is 17.9 Å². The van der Waals surface area contributed by atoms with Gasteiger partial charge < -0.3 is 26.3 Å². The van der Waals surface area contributed by atoms with Gasteiger partial charge in [-0.25, -0.2) is 0 Å². The van der Waals surface area contributed by atoms with E-state index in [0.717, 1.165) is 29.0 Å². The number of hydrogen-bond donors (Lipinski definition) is 3. The molecule has 2 aromatic rings. The lowest BCUT2D eigenvalue weighted by atomic mass is 10.0. The molecule has 0 fully saturated rings. The van der Waals surface area contributed by atoms with Gasteiger partial charge in [0.2, 0.25) is 11.7 Å². The van der Waals surface area contributed by atoms with Crippen molar-refractivity contribution in [3.63, 3.8) is 0 Å². The first kappa shape index (κ1) is 26.0. The number of ether oxygens (including phenoxy) is 2. The fraction of sp³-hybridized carbons (Fsp3) is 0.280. The number of hydrogen-bond acceptors (Lipinski definition) is 7. The predicted octanol–water partition coefficient (Wildman–Crippen LogP) is 3.99. The second-order valence-electron chi connectivity index (χ2n) is 7.26. The van der Waals surface area contributed by atoms with Crippen LogP contribution in [0.15, 0.2) is 65.2 Å². The topological polar surface area (TPSA) is 117 Å². The highest BCUT2D eigenvalue weighted by atomic mass is 32.2.